The summed E-state index contributed by atoms with van der Waals surface area (Å²) in [6.07, 6.45) is 1.26. The SMILES string of the molecule is CC1CNc2cc(CCNC(C)c3ccccc3)ccc2O1. The maximum atomic E-state index is 5.81. The molecule has 1 aliphatic rings. The first-order valence-corrected chi connectivity index (χ1v) is 8.04. The molecule has 3 heteroatoms. The van der Waals surface area contributed by atoms with Crippen LogP contribution >= 0.6 is 0 Å². The molecule has 2 aromatic rings. The van der Waals surface area contributed by atoms with Crippen LogP contribution in [0.25, 0.3) is 0 Å². The lowest BCUT2D eigenvalue weighted by atomic mass is 10.1. The summed E-state index contributed by atoms with van der Waals surface area (Å²) in [6.45, 7) is 6.13. The minimum Gasteiger partial charge on any atom is -0.487 e. The fourth-order valence-electron chi connectivity index (χ4n) is 2.78. The topological polar surface area (TPSA) is 33.3 Å². The normalized spacial score (nSPS) is 18.0. The third kappa shape index (κ3) is 3.60. The summed E-state index contributed by atoms with van der Waals surface area (Å²) in [7, 11) is 0. The van der Waals surface area contributed by atoms with Crippen LogP contribution in [-0.4, -0.2) is 19.2 Å². The van der Waals surface area contributed by atoms with Gasteiger partial charge in [-0.2, -0.15) is 0 Å². The van der Waals surface area contributed by atoms with Crippen LogP contribution < -0.4 is 15.4 Å². The van der Waals surface area contributed by atoms with Crippen molar-refractivity contribution < 1.29 is 4.74 Å². The summed E-state index contributed by atoms with van der Waals surface area (Å²) in [5.41, 5.74) is 3.78. The molecule has 3 nitrogen and oxygen atoms in total. The lowest BCUT2D eigenvalue weighted by molar-refractivity contribution is 0.226. The summed E-state index contributed by atoms with van der Waals surface area (Å²) < 4.78 is 5.81. The highest BCUT2D eigenvalue weighted by Gasteiger charge is 2.15. The van der Waals surface area contributed by atoms with Crippen LogP contribution in [0.4, 0.5) is 5.69 Å². The molecule has 0 amide bonds. The Morgan fingerprint density at radius 3 is 2.86 bits per heavy atom. The molecule has 0 radical (unpaired) electrons. The minimum absolute atomic E-state index is 0.242. The second-order valence-corrected chi connectivity index (χ2v) is 5.98. The molecule has 0 saturated heterocycles. The van der Waals surface area contributed by atoms with Crippen LogP contribution in [0.5, 0.6) is 5.75 Å². The summed E-state index contributed by atoms with van der Waals surface area (Å²) >= 11 is 0. The molecule has 0 saturated carbocycles. The van der Waals surface area contributed by atoms with Gasteiger partial charge in [-0.05, 0) is 50.1 Å². The molecular weight excluding hydrogens is 272 g/mol. The second kappa shape index (κ2) is 6.84. The summed E-state index contributed by atoms with van der Waals surface area (Å²) in [4.78, 5) is 0. The van der Waals surface area contributed by atoms with E-state index >= 15 is 0 Å². The summed E-state index contributed by atoms with van der Waals surface area (Å²) in [6, 6.07) is 17.4. The number of benzene rings is 2. The maximum Gasteiger partial charge on any atom is 0.142 e. The average Bonchev–Trinajstić information content (AvgIpc) is 2.55. The zero-order valence-corrected chi connectivity index (χ0v) is 13.3. The van der Waals surface area contributed by atoms with Gasteiger partial charge in [0.05, 0.1) is 12.2 Å². The van der Waals surface area contributed by atoms with Gasteiger partial charge in [0.25, 0.3) is 0 Å². The molecule has 0 aliphatic carbocycles. The van der Waals surface area contributed by atoms with E-state index in [1.54, 1.807) is 0 Å². The van der Waals surface area contributed by atoms with Crippen molar-refractivity contribution in [1.29, 1.82) is 0 Å². The Kier molecular flexibility index (Phi) is 4.64. The number of nitrogens with one attached hydrogen (secondary N) is 2. The Hall–Kier alpha value is -2.00. The number of ether oxygens (including phenoxy) is 1. The summed E-state index contributed by atoms with van der Waals surface area (Å²) in [5.74, 6) is 0.966. The molecule has 2 atom stereocenters. The van der Waals surface area contributed by atoms with Crippen molar-refractivity contribution >= 4 is 5.69 Å². The quantitative estimate of drug-likeness (QED) is 0.881. The molecule has 0 spiro atoms. The fraction of sp³-hybridized carbons (Fsp3) is 0.368. The predicted molar refractivity (Wildman–Crippen MR) is 91.6 cm³/mol. The van der Waals surface area contributed by atoms with Crippen LogP contribution in [0, 0.1) is 0 Å². The number of hydrogen-bond acceptors (Lipinski definition) is 3. The van der Waals surface area contributed by atoms with E-state index in [4.69, 9.17) is 4.74 Å². The van der Waals surface area contributed by atoms with Crippen molar-refractivity contribution in [3.05, 3.63) is 59.7 Å². The van der Waals surface area contributed by atoms with Crippen molar-refractivity contribution in [1.82, 2.24) is 5.32 Å². The third-order valence-corrected chi connectivity index (χ3v) is 4.12. The highest BCUT2D eigenvalue weighted by atomic mass is 16.5. The molecule has 2 aromatic carbocycles. The largest absolute Gasteiger partial charge is 0.487 e. The van der Waals surface area contributed by atoms with Gasteiger partial charge in [-0.1, -0.05) is 36.4 Å². The maximum absolute atomic E-state index is 5.81. The molecule has 0 fully saturated rings. The van der Waals surface area contributed by atoms with E-state index in [0.29, 0.717) is 6.04 Å². The molecule has 0 aromatic heterocycles. The van der Waals surface area contributed by atoms with Gasteiger partial charge in [-0.3, -0.25) is 0 Å². The van der Waals surface area contributed by atoms with E-state index in [2.05, 4.69) is 73.0 Å². The second-order valence-electron chi connectivity index (χ2n) is 5.98. The van der Waals surface area contributed by atoms with Crippen LogP contribution in [0.3, 0.4) is 0 Å². The van der Waals surface area contributed by atoms with E-state index in [9.17, 15) is 0 Å². The number of fused-ring (bicyclic) bond motifs is 1. The van der Waals surface area contributed by atoms with Gasteiger partial charge in [0.2, 0.25) is 0 Å². The molecule has 0 bridgehead atoms. The molecule has 116 valence electrons. The first-order valence-electron chi connectivity index (χ1n) is 8.04. The van der Waals surface area contributed by atoms with Crippen molar-refractivity contribution in [3.63, 3.8) is 0 Å². The van der Waals surface area contributed by atoms with Crippen molar-refractivity contribution in [2.45, 2.75) is 32.4 Å². The lowest BCUT2D eigenvalue weighted by Gasteiger charge is -2.25. The average molecular weight is 296 g/mol. The Morgan fingerprint density at radius 1 is 1.23 bits per heavy atom. The van der Waals surface area contributed by atoms with E-state index in [1.807, 2.05) is 0 Å². The van der Waals surface area contributed by atoms with Gasteiger partial charge in [0, 0.05) is 6.04 Å². The molecule has 2 unspecified atom stereocenters. The zero-order chi connectivity index (χ0) is 15.4. The standard InChI is InChI=1S/C19H24N2O/c1-14-13-21-18-12-16(8-9-19(18)22-14)10-11-20-15(2)17-6-4-3-5-7-17/h3-9,12,14-15,20-21H,10-11,13H2,1-2H3. The number of rotatable bonds is 5. The van der Waals surface area contributed by atoms with Gasteiger partial charge in [0.1, 0.15) is 11.9 Å². The third-order valence-electron chi connectivity index (χ3n) is 4.12. The van der Waals surface area contributed by atoms with Gasteiger partial charge >= 0.3 is 0 Å². The van der Waals surface area contributed by atoms with E-state index < -0.39 is 0 Å². The van der Waals surface area contributed by atoms with Crippen molar-refractivity contribution in [2.75, 3.05) is 18.4 Å². The first-order chi connectivity index (χ1) is 10.7. The predicted octanol–water partition coefficient (Wildman–Crippen LogP) is 3.77. The van der Waals surface area contributed by atoms with E-state index in [1.165, 1.54) is 11.1 Å². The minimum atomic E-state index is 0.242. The highest BCUT2D eigenvalue weighted by molar-refractivity contribution is 5.59. The number of anilines is 1. The Labute approximate surface area is 132 Å². The lowest BCUT2D eigenvalue weighted by Crippen LogP contribution is -2.27. The smallest absolute Gasteiger partial charge is 0.142 e. The van der Waals surface area contributed by atoms with Crippen LogP contribution in [0.2, 0.25) is 0 Å². The molecule has 22 heavy (non-hydrogen) atoms. The zero-order valence-electron chi connectivity index (χ0n) is 13.3. The van der Waals surface area contributed by atoms with Gasteiger partial charge in [0.15, 0.2) is 0 Å². The Bertz CT molecular complexity index is 612. The monoisotopic (exact) mass is 296 g/mol. The fourth-order valence-corrected chi connectivity index (χ4v) is 2.78. The molecule has 1 aliphatic heterocycles. The number of hydrogen-bond donors (Lipinski definition) is 2. The van der Waals surface area contributed by atoms with Gasteiger partial charge in [-0.25, -0.2) is 0 Å². The van der Waals surface area contributed by atoms with Crippen LogP contribution in [0.1, 0.15) is 31.0 Å². The Balaban J connectivity index is 1.54. The molecule has 3 rings (SSSR count). The van der Waals surface area contributed by atoms with Crippen molar-refractivity contribution in [2.24, 2.45) is 0 Å². The Morgan fingerprint density at radius 2 is 2.05 bits per heavy atom. The van der Waals surface area contributed by atoms with E-state index in [0.717, 1.165) is 30.9 Å². The van der Waals surface area contributed by atoms with E-state index in [-0.39, 0.29) is 6.10 Å². The molecular formula is C19H24N2O. The molecule has 1 heterocycles. The van der Waals surface area contributed by atoms with Gasteiger partial charge < -0.3 is 15.4 Å². The van der Waals surface area contributed by atoms with Gasteiger partial charge in [-0.15, -0.1) is 0 Å². The summed E-state index contributed by atoms with van der Waals surface area (Å²) in [5, 5.41) is 7.02. The first kappa shape index (κ1) is 14.9. The van der Waals surface area contributed by atoms with Crippen LogP contribution in [0.15, 0.2) is 48.5 Å². The van der Waals surface area contributed by atoms with Crippen LogP contribution in [-0.2, 0) is 6.42 Å². The highest BCUT2D eigenvalue weighted by Crippen LogP contribution is 2.29. The van der Waals surface area contributed by atoms with Crippen molar-refractivity contribution in [3.8, 4) is 5.75 Å². The molecule has 2 N–H and O–H groups in total.